The van der Waals surface area contributed by atoms with Gasteiger partial charge >= 0.3 is 0 Å². The van der Waals surface area contributed by atoms with E-state index >= 15 is 0 Å². The number of aromatic nitrogens is 5. The lowest BCUT2D eigenvalue weighted by Gasteiger charge is -2.02. The van der Waals surface area contributed by atoms with Crippen molar-refractivity contribution in [3.8, 4) is 0 Å². The van der Waals surface area contributed by atoms with Crippen LogP contribution in [0, 0.1) is 6.92 Å². The number of aryl methyl sites for hydroxylation is 2. The maximum Gasteiger partial charge on any atom is 0.0994 e. The highest BCUT2D eigenvalue weighted by atomic mass is 15.4. The van der Waals surface area contributed by atoms with Gasteiger partial charge in [0.15, 0.2) is 0 Å². The maximum atomic E-state index is 5.90. The minimum atomic E-state index is -0.0305. The van der Waals surface area contributed by atoms with Crippen LogP contribution in [0.25, 0.3) is 0 Å². The molecule has 6 nitrogen and oxygen atoms in total. The first-order valence-corrected chi connectivity index (χ1v) is 5.75. The third kappa shape index (κ3) is 2.52. The highest BCUT2D eigenvalue weighted by molar-refractivity contribution is 5.09. The van der Waals surface area contributed by atoms with Gasteiger partial charge in [0, 0.05) is 7.05 Å². The third-order valence-corrected chi connectivity index (χ3v) is 2.80. The Morgan fingerprint density at radius 3 is 2.82 bits per heavy atom. The molecule has 0 radical (unpaired) electrons. The van der Waals surface area contributed by atoms with Gasteiger partial charge in [0.25, 0.3) is 0 Å². The molecular formula is C11H18N6. The first-order valence-electron chi connectivity index (χ1n) is 5.75. The summed E-state index contributed by atoms with van der Waals surface area (Å²) in [6.07, 6.45) is 2.76. The Morgan fingerprint density at radius 1 is 1.47 bits per heavy atom. The Bertz CT molecular complexity index is 498. The van der Waals surface area contributed by atoms with Gasteiger partial charge in [-0.15, -0.1) is 5.10 Å². The van der Waals surface area contributed by atoms with Crippen LogP contribution in [0.15, 0.2) is 12.3 Å². The van der Waals surface area contributed by atoms with Crippen LogP contribution in [0.3, 0.4) is 0 Å². The van der Waals surface area contributed by atoms with Gasteiger partial charge < -0.3 is 5.73 Å². The summed E-state index contributed by atoms with van der Waals surface area (Å²) in [4.78, 5) is 0. The first kappa shape index (κ1) is 11.8. The molecular weight excluding hydrogens is 216 g/mol. The molecule has 2 heterocycles. The molecule has 2 aromatic rings. The van der Waals surface area contributed by atoms with Crippen molar-refractivity contribution in [3.63, 3.8) is 0 Å². The Balaban J connectivity index is 2.14. The molecule has 0 saturated heterocycles. The average Bonchev–Trinajstić information content (AvgIpc) is 2.86. The van der Waals surface area contributed by atoms with Gasteiger partial charge in [-0.25, -0.2) is 4.68 Å². The minimum Gasteiger partial charge on any atom is -0.323 e. The van der Waals surface area contributed by atoms with Gasteiger partial charge in [-0.2, -0.15) is 5.10 Å². The van der Waals surface area contributed by atoms with Crippen molar-refractivity contribution in [3.05, 3.63) is 29.3 Å². The summed E-state index contributed by atoms with van der Waals surface area (Å²) >= 11 is 0. The largest absolute Gasteiger partial charge is 0.323 e. The predicted octanol–water partition coefficient (Wildman–Crippen LogP) is 0.778. The topological polar surface area (TPSA) is 74.6 Å². The van der Waals surface area contributed by atoms with Crippen LogP contribution >= 0.6 is 0 Å². The second kappa shape index (κ2) is 4.67. The van der Waals surface area contributed by atoms with E-state index in [2.05, 4.69) is 15.4 Å². The van der Waals surface area contributed by atoms with E-state index in [1.165, 1.54) is 0 Å². The normalized spacial score (nSPS) is 12.9. The highest BCUT2D eigenvalue weighted by Crippen LogP contribution is 2.10. The summed E-state index contributed by atoms with van der Waals surface area (Å²) in [7, 11) is 1.93. The van der Waals surface area contributed by atoms with Crippen molar-refractivity contribution in [2.24, 2.45) is 12.8 Å². The summed E-state index contributed by atoms with van der Waals surface area (Å²) in [5.74, 6) is 0. The zero-order chi connectivity index (χ0) is 12.4. The van der Waals surface area contributed by atoms with E-state index in [0.717, 1.165) is 23.5 Å². The van der Waals surface area contributed by atoms with Crippen LogP contribution in [0.4, 0.5) is 0 Å². The molecule has 0 saturated carbocycles. The molecule has 0 aliphatic carbocycles. The molecule has 0 bridgehead atoms. The molecule has 0 fully saturated rings. The van der Waals surface area contributed by atoms with Gasteiger partial charge in [0.2, 0.25) is 0 Å². The maximum absolute atomic E-state index is 5.90. The average molecular weight is 234 g/mol. The second-order valence-electron chi connectivity index (χ2n) is 4.26. The Kier molecular flexibility index (Phi) is 3.23. The van der Waals surface area contributed by atoms with Crippen molar-refractivity contribution in [2.75, 3.05) is 0 Å². The number of nitrogens with zero attached hydrogens (tertiary/aromatic N) is 5. The van der Waals surface area contributed by atoms with E-state index in [9.17, 15) is 0 Å². The van der Waals surface area contributed by atoms with Gasteiger partial charge in [-0.3, -0.25) is 4.68 Å². The number of hydrogen-bond acceptors (Lipinski definition) is 4. The molecule has 0 aliphatic rings. The molecule has 2 N–H and O–H groups in total. The third-order valence-electron chi connectivity index (χ3n) is 2.80. The summed E-state index contributed by atoms with van der Waals surface area (Å²) in [6, 6.07) is 2.01. The van der Waals surface area contributed by atoms with Crippen molar-refractivity contribution in [2.45, 2.75) is 32.9 Å². The van der Waals surface area contributed by atoms with E-state index < -0.39 is 0 Å². The van der Waals surface area contributed by atoms with E-state index in [0.29, 0.717) is 6.54 Å². The predicted molar refractivity (Wildman–Crippen MR) is 64.3 cm³/mol. The molecule has 0 amide bonds. The van der Waals surface area contributed by atoms with Crippen molar-refractivity contribution < 1.29 is 0 Å². The molecule has 17 heavy (non-hydrogen) atoms. The van der Waals surface area contributed by atoms with E-state index in [1.807, 2.05) is 37.8 Å². The number of hydrogen-bond donors (Lipinski definition) is 1. The van der Waals surface area contributed by atoms with Crippen LogP contribution in [-0.4, -0.2) is 24.8 Å². The molecule has 2 aromatic heterocycles. The second-order valence-corrected chi connectivity index (χ2v) is 4.26. The van der Waals surface area contributed by atoms with Gasteiger partial charge in [-0.1, -0.05) is 12.1 Å². The van der Waals surface area contributed by atoms with Crippen molar-refractivity contribution in [1.82, 2.24) is 24.8 Å². The highest BCUT2D eigenvalue weighted by Gasteiger charge is 2.09. The zero-order valence-electron chi connectivity index (χ0n) is 10.5. The molecule has 0 spiro atoms. The van der Waals surface area contributed by atoms with Crippen LogP contribution in [0.5, 0.6) is 0 Å². The summed E-state index contributed by atoms with van der Waals surface area (Å²) in [5.41, 5.74) is 8.85. The molecule has 1 atom stereocenters. The van der Waals surface area contributed by atoms with Crippen LogP contribution in [-0.2, 0) is 13.6 Å². The first-order chi connectivity index (χ1) is 8.10. The van der Waals surface area contributed by atoms with Crippen LogP contribution in [0.2, 0.25) is 0 Å². The summed E-state index contributed by atoms with van der Waals surface area (Å²) in [5, 5.41) is 12.5. The van der Waals surface area contributed by atoms with Crippen LogP contribution < -0.4 is 5.73 Å². The van der Waals surface area contributed by atoms with Gasteiger partial charge in [0.05, 0.1) is 35.9 Å². The summed E-state index contributed by atoms with van der Waals surface area (Å²) in [6.45, 7) is 4.68. The molecule has 0 aromatic carbocycles. The smallest absolute Gasteiger partial charge is 0.0994 e. The fourth-order valence-corrected chi connectivity index (χ4v) is 1.75. The number of nitrogens with two attached hydrogens (primary N) is 1. The fraction of sp³-hybridized carbons (Fsp3) is 0.545. The quantitative estimate of drug-likeness (QED) is 0.848. The van der Waals surface area contributed by atoms with Gasteiger partial charge in [-0.05, 0) is 19.4 Å². The Hall–Kier alpha value is -1.69. The molecule has 6 heteroatoms. The van der Waals surface area contributed by atoms with E-state index in [1.54, 1.807) is 4.68 Å². The standard InChI is InChI=1S/C11H18N6/c1-4-10(12)11-7-17(15-13-11)6-9-5-8(2)14-16(9)3/h5,7,10H,4,6,12H2,1-3H3. The minimum absolute atomic E-state index is 0.0305. The molecule has 92 valence electrons. The monoisotopic (exact) mass is 234 g/mol. The lowest BCUT2D eigenvalue weighted by atomic mass is 10.2. The van der Waals surface area contributed by atoms with E-state index in [4.69, 9.17) is 5.73 Å². The van der Waals surface area contributed by atoms with Crippen LogP contribution in [0.1, 0.15) is 36.5 Å². The molecule has 0 aliphatic heterocycles. The van der Waals surface area contributed by atoms with E-state index in [-0.39, 0.29) is 6.04 Å². The lowest BCUT2D eigenvalue weighted by Crippen LogP contribution is -2.09. The molecule has 2 rings (SSSR count). The van der Waals surface area contributed by atoms with Crippen molar-refractivity contribution in [1.29, 1.82) is 0 Å². The Labute approximate surface area is 100 Å². The molecule has 1 unspecified atom stereocenters. The Morgan fingerprint density at radius 2 is 2.24 bits per heavy atom. The van der Waals surface area contributed by atoms with Crippen molar-refractivity contribution >= 4 is 0 Å². The lowest BCUT2D eigenvalue weighted by molar-refractivity contribution is 0.598. The zero-order valence-corrected chi connectivity index (χ0v) is 10.5. The summed E-state index contributed by atoms with van der Waals surface area (Å²) < 4.78 is 3.65. The SMILES string of the molecule is CCC(N)c1cn(Cc2cc(C)nn2C)nn1. The van der Waals surface area contributed by atoms with Gasteiger partial charge in [0.1, 0.15) is 0 Å². The fourth-order valence-electron chi connectivity index (χ4n) is 1.75. The number of rotatable bonds is 4.